The van der Waals surface area contributed by atoms with Crippen LogP contribution in [0.4, 0.5) is 0 Å². The molecule has 26 heavy (non-hydrogen) atoms. The predicted octanol–water partition coefficient (Wildman–Crippen LogP) is 3.45. The highest BCUT2D eigenvalue weighted by Gasteiger charge is 2.38. The number of rotatable bonds is 6. The van der Waals surface area contributed by atoms with Crippen LogP contribution in [0.2, 0.25) is 0 Å². The molecule has 0 aromatic heterocycles. The van der Waals surface area contributed by atoms with Gasteiger partial charge in [0.15, 0.2) is 0 Å². The molecule has 2 amide bonds. The third-order valence-electron chi connectivity index (χ3n) is 5.18. The molecule has 0 spiro atoms. The van der Waals surface area contributed by atoms with Gasteiger partial charge < -0.3 is 10.2 Å². The summed E-state index contributed by atoms with van der Waals surface area (Å²) in [6.45, 7) is 0.497. The molecule has 2 aliphatic rings. The van der Waals surface area contributed by atoms with E-state index >= 15 is 0 Å². The van der Waals surface area contributed by atoms with Crippen molar-refractivity contribution in [3.8, 4) is 0 Å². The summed E-state index contributed by atoms with van der Waals surface area (Å²) in [5.41, 5.74) is 2.14. The molecule has 4 heteroatoms. The Morgan fingerprint density at radius 1 is 0.923 bits per heavy atom. The molecule has 4 nitrogen and oxygen atoms in total. The smallest absolute Gasteiger partial charge is 0.312 e. The summed E-state index contributed by atoms with van der Waals surface area (Å²) in [4.78, 5) is 27.3. The largest absolute Gasteiger partial charge is 0.341 e. The number of nitrogens with zero attached hydrogens (tertiary/aromatic N) is 1. The first-order valence-electron chi connectivity index (χ1n) is 9.42. The number of carbonyl (C=O) groups excluding carboxylic acids is 2. The fourth-order valence-electron chi connectivity index (χ4n) is 3.43. The van der Waals surface area contributed by atoms with E-state index in [0.29, 0.717) is 12.5 Å². The molecule has 0 unspecified atom stereocenters. The van der Waals surface area contributed by atoms with Crippen molar-refractivity contribution in [3.05, 3.63) is 71.8 Å². The summed E-state index contributed by atoms with van der Waals surface area (Å²) in [6, 6.07) is 20.0. The molecule has 0 bridgehead atoms. The van der Waals surface area contributed by atoms with Crippen molar-refractivity contribution in [3.63, 3.8) is 0 Å². The number of carbonyl (C=O) groups is 2. The lowest BCUT2D eigenvalue weighted by Crippen LogP contribution is -2.45. The fraction of sp³-hybridized carbons (Fsp3) is 0.364. The predicted molar refractivity (Wildman–Crippen MR) is 100 cm³/mol. The van der Waals surface area contributed by atoms with Crippen molar-refractivity contribution in [2.45, 2.75) is 44.3 Å². The fourth-order valence-corrected chi connectivity index (χ4v) is 3.43. The molecule has 0 saturated heterocycles. The van der Waals surface area contributed by atoms with Crippen molar-refractivity contribution in [1.29, 1.82) is 0 Å². The van der Waals surface area contributed by atoms with Crippen LogP contribution in [0, 0.1) is 5.92 Å². The van der Waals surface area contributed by atoms with E-state index in [1.807, 2.05) is 60.7 Å². The van der Waals surface area contributed by atoms with Crippen LogP contribution in [0.25, 0.3) is 0 Å². The Bertz CT molecular complexity index is 767. The Kier molecular flexibility index (Phi) is 4.74. The molecule has 1 atom stereocenters. The topological polar surface area (TPSA) is 49.4 Å². The van der Waals surface area contributed by atoms with Crippen LogP contribution >= 0.6 is 0 Å². The number of hydrogen-bond acceptors (Lipinski definition) is 2. The van der Waals surface area contributed by atoms with Crippen LogP contribution in [-0.4, -0.2) is 22.8 Å². The Balaban J connectivity index is 1.46. The van der Waals surface area contributed by atoms with Crippen LogP contribution in [0.15, 0.2) is 60.7 Å². The van der Waals surface area contributed by atoms with Crippen molar-refractivity contribution < 1.29 is 9.59 Å². The monoisotopic (exact) mass is 348 g/mol. The zero-order valence-corrected chi connectivity index (χ0v) is 14.8. The van der Waals surface area contributed by atoms with Gasteiger partial charge in [-0.1, -0.05) is 60.7 Å². The first-order chi connectivity index (χ1) is 12.7. The van der Waals surface area contributed by atoms with Gasteiger partial charge in [-0.3, -0.25) is 9.59 Å². The molecule has 0 heterocycles. The van der Waals surface area contributed by atoms with Gasteiger partial charge >= 0.3 is 11.8 Å². The van der Waals surface area contributed by atoms with Crippen LogP contribution in [0.3, 0.4) is 0 Å². The molecule has 2 aromatic rings. The van der Waals surface area contributed by atoms with E-state index in [1.165, 1.54) is 0 Å². The molecule has 2 aromatic carbocycles. The minimum atomic E-state index is -0.478. The van der Waals surface area contributed by atoms with E-state index in [4.69, 9.17) is 0 Å². The maximum atomic E-state index is 12.9. The lowest BCUT2D eigenvalue weighted by atomic mass is 10.0. The molecule has 4 rings (SSSR count). The molecule has 2 fully saturated rings. The second kappa shape index (κ2) is 7.32. The van der Waals surface area contributed by atoms with Gasteiger partial charge in [0.25, 0.3) is 0 Å². The highest BCUT2D eigenvalue weighted by Crippen LogP contribution is 2.41. The first-order valence-corrected chi connectivity index (χ1v) is 9.42. The van der Waals surface area contributed by atoms with E-state index in [-0.39, 0.29) is 12.1 Å². The first kappa shape index (κ1) is 16.8. The van der Waals surface area contributed by atoms with Gasteiger partial charge in [0, 0.05) is 12.6 Å². The van der Waals surface area contributed by atoms with Crippen LogP contribution in [-0.2, 0) is 16.1 Å². The number of amides is 2. The SMILES string of the molecule is O=C(N[C@H](c1ccccc1)C1CC1)C(=O)N(Cc1ccccc1)C1CC1. The Morgan fingerprint density at radius 2 is 1.54 bits per heavy atom. The number of benzene rings is 2. The summed E-state index contributed by atoms with van der Waals surface area (Å²) in [7, 11) is 0. The summed E-state index contributed by atoms with van der Waals surface area (Å²) in [5.74, 6) is -0.441. The Hall–Kier alpha value is -2.62. The minimum absolute atomic E-state index is 0.0644. The van der Waals surface area contributed by atoms with Crippen LogP contribution < -0.4 is 5.32 Å². The average Bonchev–Trinajstić information content (AvgIpc) is 3.58. The maximum Gasteiger partial charge on any atom is 0.312 e. The lowest BCUT2D eigenvalue weighted by molar-refractivity contribution is -0.147. The second-order valence-electron chi connectivity index (χ2n) is 7.35. The van der Waals surface area contributed by atoms with Gasteiger partial charge in [-0.05, 0) is 42.7 Å². The molecular formula is C22H24N2O2. The summed E-state index contributed by atoms with van der Waals surface area (Å²) in [6.07, 6.45) is 4.17. The highest BCUT2D eigenvalue weighted by atomic mass is 16.2. The van der Waals surface area contributed by atoms with Crippen molar-refractivity contribution in [2.24, 2.45) is 5.92 Å². The molecule has 0 radical (unpaired) electrons. The Labute approximate surface area is 154 Å². The van der Waals surface area contributed by atoms with E-state index in [9.17, 15) is 9.59 Å². The third kappa shape index (κ3) is 3.96. The third-order valence-corrected chi connectivity index (χ3v) is 5.18. The zero-order valence-electron chi connectivity index (χ0n) is 14.8. The summed E-state index contributed by atoms with van der Waals surface area (Å²) < 4.78 is 0. The van der Waals surface area contributed by atoms with Gasteiger partial charge in [-0.15, -0.1) is 0 Å². The second-order valence-corrected chi connectivity index (χ2v) is 7.35. The lowest BCUT2D eigenvalue weighted by Gasteiger charge is -2.24. The zero-order chi connectivity index (χ0) is 17.9. The molecular weight excluding hydrogens is 324 g/mol. The molecule has 2 saturated carbocycles. The van der Waals surface area contributed by atoms with Gasteiger partial charge in [-0.25, -0.2) is 0 Å². The molecule has 1 N–H and O–H groups in total. The standard InChI is InChI=1S/C22H24N2O2/c25-21(23-20(18-11-12-18)17-9-5-2-6-10-17)22(26)24(19-13-14-19)15-16-7-3-1-4-8-16/h1-10,18-20H,11-15H2,(H,23,25)/t20-/m1/s1. The van der Waals surface area contributed by atoms with Crippen LogP contribution in [0.1, 0.15) is 42.9 Å². The van der Waals surface area contributed by atoms with Gasteiger partial charge in [0.05, 0.1) is 6.04 Å². The molecule has 0 aliphatic heterocycles. The quantitative estimate of drug-likeness (QED) is 0.813. The minimum Gasteiger partial charge on any atom is -0.341 e. The van der Waals surface area contributed by atoms with E-state index < -0.39 is 11.8 Å². The number of hydrogen-bond donors (Lipinski definition) is 1. The van der Waals surface area contributed by atoms with E-state index in [1.54, 1.807) is 4.90 Å². The van der Waals surface area contributed by atoms with Crippen LogP contribution in [0.5, 0.6) is 0 Å². The van der Waals surface area contributed by atoms with Gasteiger partial charge in [0.1, 0.15) is 0 Å². The normalized spacial score (nSPS) is 17.4. The van der Waals surface area contributed by atoms with Crippen molar-refractivity contribution in [2.75, 3.05) is 0 Å². The average molecular weight is 348 g/mol. The molecule has 2 aliphatic carbocycles. The maximum absolute atomic E-state index is 12.9. The van der Waals surface area contributed by atoms with E-state index in [0.717, 1.165) is 36.8 Å². The highest BCUT2D eigenvalue weighted by molar-refractivity contribution is 6.35. The van der Waals surface area contributed by atoms with Crippen molar-refractivity contribution >= 4 is 11.8 Å². The van der Waals surface area contributed by atoms with Crippen molar-refractivity contribution in [1.82, 2.24) is 10.2 Å². The molecule has 134 valence electrons. The van der Waals surface area contributed by atoms with E-state index in [2.05, 4.69) is 5.32 Å². The van der Waals surface area contributed by atoms with Gasteiger partial charge in [0.2, 0.25) is 0 Å². The summed E-state index contributed by atoms with van der Waals surface area (Å²) in [5, 5.41) is 3.01. The summed E-state index contributed by atoms with van der Waals surface area (Å²) >= 11 is 0. The number of nitrogens with one attached hydrogen (secondary N) is 1. The Morgan fingerprint density at radius 3 is 2.12 bits per heavy atom. The van der Waals surface area contributed by atoms with Gasteiger partial charge in [-0.2, -0.15) is 0 Å².